The van der Waals surface area contributed by atoms with Crippen molar-refractivity contribution in [1.29, 1.82) is 0 Å². The molecular weight excluding hydrogens is 341 g/mol. The Morgan fingerprint density at radius 1 is 1.35 bits per heavy atom. The Hall–Kier alpha value is -2.23. The molecule has 3 aromatic rings. The number of carbonyl (C=O) groups is 1. The van der Waals surface area contributed by atoms with Gasteiger partial charge >= 0.3 is 0 Å². The summed E-state index contributed by atoms with van der Waals surface area (Å²) in [6, 6.07) is 5.59. The van der Waals surface area contributed by atoms with Gasteiger partial charge in [0.05, 0.1) is 10.2 Å². The maximum Gasteiger partial charge on any atom is 0.259 e. The molecule has 0 aliphatic rings. The Kier molecular flexibility index (Phi) is 4.16. The number of rotatable bonds is 4. The van der Waals surface area contributed by atoms with Gasteiger partial charge in [-0.1, -0.05) is 12.1 Å². The molecule has 0 spiro atoms. The molecule has 3 N–H and O–H groups in total. The number of hydrogen-bond acceptors (Lipinski definition) is 5. The maximum atomic E-state index is 13.1. The molecule has 1 aromatic carbocycles. The van der Waals surface area contributed by atoms with Crippen molar-refractivity contribution in [3.8, 4) is 11.1 Å². The Morgan fingerprint density at radius 3 is 2.65 bits per heavy atom. The largest absolute Gasteiger partial charge is 0.365 e. The molecule has 1 atom stereocenters. The fourth-order valence-electron chi connectivity index (χ4n) is 2.17. The average molecular weight is 351 g/mol. The fourth-order valence-corrected chi connectivity index (χ4v) is 3.51. The van der Waals surface area contributed by atoms with Gasteiger partial charge in [-0.3, -0.25) is 4.79 Å². The lowest BCUT2D eigenvalue weighted by atomic mass is 10.0. The number of nitrogens with zero attached hydrogens (tertiary/aromatic N) is 2. The number of halogens is 1. The van der Waals surface area contributed by atoms with Crippen LogP contribution in [0.3, 0.4) is 0 Å². The molecule has 0 saturated heterocycles. The van der Waals surface area contributed by atoms with E-state index in [1.165, 1.54) is 30.5 Å². The van der Waals surface area contributed by atoms with Crippen LogP contribution >= 0.6 is 11.3 Å². The number of benzene rings is 1. The number of aromatic nitrogens is 2. The highest BCUT2D eigenvalue weighted by Crippen LogP contribution is 2.37. The summed E-state index contributed by atoms with van der Waals surface area (Å²) < 4.78 is 33.6. The molecule has 23 heavy (non-hydrogen) atoms. The summed E-state index contributed by atoms with van der Waals surface area (Å²) in [5.74, 6) is -1.07. The zero-order valence-electron chi connectivity index (χ0n) is 11.5. The molecule has 0 saturated carbocycles. The topological polar surface area (TPSA) is 106 Å². The highest BCUT2D eigenvalue weighted by molar-refractivity contribution is 7.78. The van der Waals surface area contributed by atoms with Gasteiger partial charge in [0, 0.05) is 11.8 Å². The van der Waals surface area contributed by atoms with Gasteiger partial charge in [-0.15, -0.1) is 11.3 Å². The van der Waals surface area contributed by atoms with E-state index < -0.39 is 22.8 Å². The molecule has 3 rings (SSSR count). The van der Waals surface area contributed by atoms with Gasteiger partial charge in [0.1, 0.15) is 22.3 Å². The molecule has 118 valence electrons. The zero-order chi connectivity index (χ0) is 16.6. The van der Waals surface area contributed by atoms with Gasteiger partial charge in [-0.05, 0) is 17.7 Å². The van der Waals surface area contributed by atoms with Crippen LogP contribution in [-0.4, -0.2) is 24.6 Å². The highest BCUT2D eigenvalue weighted by Gasteiger charge is 2.20. The minimum absolute atomic E-state index is 0.176. The lowest BCUT2D eigenvalue weighted by Crippen LogP contribution is -2.10. The average Bonchev–Trinajstić information content (AvgIpc) is 2.86. The number of thiophene rings is 1. The van der Waals surface area contributed by atoms with Crippen molar-refractivity contribution in [3.05, 3.63) is 47.0 Å². The highest BCUT2D eigenvalue weighted by atomic mass is 32.2. The third kappa shape index (κ3) is 3.11. The molecule has 0 fully saturated rings. The van der Waals surface area contributed by atoms with Crippen LogP contribution in [0.5, 0.6) is 0 Å². The smallest absolute Gasteiger partial charge is 0.259 e. The first-order chi connectivity index (χ1) is 11.0. The van der Waals surface area contributed by atoms with Crippen LogP contribution in [0.1, 0.15) is 15.5 Å². The van der Waals surface area contributed by atoms with Crippen LogP contribution in [0.4, 0.5) is 4.39 Å². The fraction of sp³-hybridized carbons (Fsp3) is 0.0714. The number of carbonyl (C=O) groups excluding carboxylic acids is 1. The van der Waals surface area contributed by atoms with E-state index in [4.69, 9.17) is 10.3 Å². The van der Waals surface area contributed by atoms with E-state index in [2.05, 4.69) is 9.97 Å². The summed E-state index contributed by atoms with van der Waals surface area (Å²) in [7, 11) is 0. The van der Waals surface area contributed by atoms with Crippen LogP contribution in [0.2, 0.25) is 0 Å². The number of primary amides is 1. The van der Waals surface area contributed by atoms with Crippen molar-refractivity contribution in [2.75, 3.05) is 0 Å². The van der Waals surface area contributed by atoms with Crippen LogP contribution in [0, 0.1) is 5.82 Å². The molecule has 0 aliphatic carbocycles. The van der Waals surface area contributed by atoms with Gasteiger partial charge in [-0.25, -0.2) is 18.6 Å². The van der Waals surface area contributed by atoms with Crippen molar-refractivity contribution in [2.45, 2.75) is 5.75 Å². The first kappa shape index (κ1) is 15.7. The summed E-state index contributed by atoms with van der Waals surface area (Å²) in [6.45, 7) is 0. The van der Waals surface area contributed by atoms with E-state index in [-0.39, 0.29) is 16.5 Å². The Labute approximate surface area is 136 Å². The van der Waals surface area contributed by atoms with Crippen molar-refractivity contribution >= 4 is 38.5 Å². The first-order valence-electron chi connectivity index (χ1n) is 6.37. The first-order valence-corrected chi connectivity index (χ1v) is 8.46. The summed E-state index contributed by atoms with van der Waals surface area (Å²) in [5, 5.41) is 0. The zero-order valence-corrected chi connectivity index (χ0v) is 13.2. The summed E-state index contributed by atoms with van der Waals surface area (Å²) >= 11 is -0.951. The molecule has 2 aromatic heterocycles. The predicted molar refractivity (Wildman–Crippen MR) is 85.8 cm³/mol. The molecule has 9 heteroatoms. The molecule has 1 amide bonds. The van der Waals surface area contributed by atoms with Crippen molar-refractivity contribution in [3.63, 3.8) is 0 Å². The third-order valence-electron chi connectivity index (χ3n) is 3.09. The number of fused-ring (bicyclic) bond motifs is 1. The van der Waals surface area contributed by atoms with Gasteiger partial charge in [-0.2, -0.15) is 0 Å². The standard InChI is InChI=1S/C14H10FN3O3S2/c15-8-3-1-7(2-4-8)11-12-9(22-13(11)14(16)19)5-17-10(18-12)6-23(20)21/h1-5H,6H2,(H2,16,19)(H,20,21). The van der Waals surface area contributed by atoms with E-state index in [0.29, 0.717) is 21.3 Å². The quantitative estimate of drug-likeness (QED) is 0.702. The van der Waals surface area contributed by atoms with E-state index >= 15 is 0 Å². The molecule has 0 aliphatic heterocycles. The monoisotopic (exact) mass is 351 g/mol. The molecule has 2 heterocycles. The van der Waals surface area contributed by atoms with E-state index in [1.54, 1.807) is 0 Å². The van der Waals surface area contributed by atoms with E-state index in [0.717, 1.165) is 11.3 Å². The van der Waals surface area contributed by atoms with E-state index in [1.807, 2.05) is 0 Å². The molecule has 0 radical (unpaired) electrons. The Balaban J connectivity index is 2.26. The van der Waals surface area contributed by atoms with Crippen molar-refractivity contribution in [1.82, 2.24) is 9.97 Å². The maximum absolute atomic E-state index is 13.1. The normalized spacial score (nSPS) is 12.4. The van der Waals surface area contributed by atoms with Crippen LogP contribution < -0.4 is 5.73 Å². The Morgan fingerprint density at radius 2 is 2.04 bits per heavy atom. The van der Waals surface area contributed by atoms with Crippen LogP contribution in [-0.2, 0) is 16.8 Å². The summed E-state index contributed by atoms with van der Waals surface area (Å²) in [5.41, 5.74) is 6.94. The predicted octanol–water partition coefficient (Wildman–Crippen LogP) is 2.32. The van der Waals surface area contributed by atoms with Gasteiger partial charge in [0.15, 0.2) is 11.1 Å². The molecular formula is C14H10FN3O3S2. The minimum Gasteiger partial charge on any atom is -0.365 e. The molecule has 0 bridgehead atoms. The molecule has 6 nitrogen and oxygen atoms in total. The lowest BCUT2D eigenvalue weighted by molar-refractivity contribution is 0.100. The SMILES string of the molecule is NC(=O)c1sc2cnc(CS(=O)O)nc2c1-c1ccc(F)cc1. The van der Waals surface area contributed by atoms with Crippen LogP contribution in [0.25, 0.3) is 21.3 Å². The summed E-state index contributed by atoms with van der Waals surface area (Å²) in [4.78, 5) is 20.3. The van der Waals surface area contributed by atoms with Gasteiger partial charge in [0.2, 0.25) is 0 Å². The molecule has 1 unspecified atom stereocenters. The second-order valence-corrected chi connectivity index (χ2v) is 6.63. The number of amides is 1. The second-order valence-electron chi connectivity index (χ2n) is 4.64. The number of nitrogens with two attached hydrogens (primary N) is 1. The van der Waals surface area contributed by atoms with Crippen molar-refractivity contribution in [2.24, 2.45) is 5.73 Å². The summed E-state index contributed by atoms with van der Waals surface area (Å²) in [6.07, 6.45) is 1.48. The Bertz CT molecular complexity index is 925. The van der Waals surface area contributed by atoms with Crippen molar-refractivity contribution < 1.29 is 17.9 Å². The minimum atomic E-state index is -2.08. The number of hydrogen-bond donors (Lipinski definition) is 2. The van der Waals surface area contributed by atoms with Crippen LogP contribution in [0.15, 0.2) is 30.5 Å². The van der Waals surface area contributed by atoms with Gasteiger partial charge < -0.3 is 10.3 Å². The second kappa shape index (κ2) is 6.11. The lowest BCUT2D eigenvalue weighted by Gasteiger charge is -2.03. The van der Waals surface area contributed by atoms with Gasteiger partial charge in [0.25, 0.3) is 5.91 Å². The third-order valence-corrected chi connectivity index (χ3v) is 4.72. The van der Waals surface area contributed by atoms with E-state index in [9.17, 15) is 13.4 Å².